The van der Waals surface area contributed by atoms with Crippen LogP contribution in [0.5, 0.6) is 0 Å². The van der Waals surface area contributed by atoms with Gasteiger partial charge in [-0.3, -0.25) is 0 Å². The van der Waals surface area contributed by atoms with Crippen molar-refractivity contribution in [3.63, 3.8) is 0 Å². The van der Waals surface area contributed by atoms with Crippen LogP contribution in [0, 0.1) is 0 Å². The van der Waals surface area contributed by atoms with Crippen LogP contribution in [-0.2, 0) is 19.4 Å². The van der Waals surface area contributed by atoms with Gasteiger partial charge < -0.3 is 9.88 Å². The van der Waals surface area contributed by atoms with Gasteiger partial charge in [-0.2, -0.15) is 0 Å². The Labute approximate surface area is 122 Å². The van der Waals surface area contributed by atoms with Gasteiger partial charge in [-0.05, 0) is 18.1 Å². The molecule has 6 heteroatoms. The quantitative estimate of drug-likeness (QED) is 0.776. The van der Waals surface area contributed by atoms with Gasteiger partial charge in [-0.1, -0.05) is 6.92 Å². The number of anilines is 1. The van der Waals surface area contributed by atoms with Crippen LogP contribution in [0.1, 0.15) is 24.0 Å². The van der Waals surface area contributed by atoms with Gasteiger partial charge in [0.1, 0.15) is 23.6 Å². The molecular weight excluding hydrogens is 264 g/mol. The lowest BCUT2D eigenvalue weighted by atomic mass is 10.1. The minimum Gasteiger partial charge on any atom is -0.350 e. The first-order valence-electron chi connectivity index (χ1n) is 7.22. The highest BCUT2D eigenvalue weighted by atomic mass is 15.2. The van der Waals surface area contributed by atoms with Crippen LogP contribution in [-0.4, -0.2) is 31.5 Å². The van der Waals surface area contributed by atoms with E-state index in [2.05, 4.69) is 36.7 Å². The first kappa shape index (κ1) is 12.3. The molecule has 4 rings (SSSR count). The van der Waals surface area contributed by atoms with E-state index in [1.807, 2.05) is 18.5 Å². The molecule has 1 N–H and O–H groups in total. The Morgan fingerprint density at radius 2 is 2.24 bits per heavy atom. The van der Waals surface area contributed by atoms with E-state index in [0.29, 0.717) is 0 Å². The van der Waals surface area contributed by atoms with Crippen molar-refractivity contribution in [1.29, 1.82) is 0 Å². The summed E-state index contributed by atoms with van der Waals surface area (Å²) in [5.41, 5.74) is 3.25. The zero-order chi connectivity index (χ0) is 14.2. The zero-order valence-corrected chi connectivity index (χ0v) is 11.9. The SMILES string of the molecule is CCc1ncc2c(n1)CN(c1ncnc3[nH]ccc13)CC2. The van der Waals surface area contributed by atoms with E-state index in [9.17, 15) is 0 Å². The summed E-state index contributed by atoms with van der Waals surface area (Å²) in [6, 6.07) is 2.03. The fourth-order valence-corrected chi connectivity index (χ4v) is 2.81. The van der Waals surface area contributed by atoms with E-state index >= 15 is 0 Å². The lowest BCUT2D eigenvalue weighted by Gasteiger charge is -2.29. The summed E-state index contributed by atoms with van der Waals surface area (Å²) in [4.78, 5) is 23.2. The second kappa shape index (κ2) is 4.80. The molecule has 0 aromatic carbocycles. The number of aromatic amines is 1. The second-order valence-corrected chi connectivity index (χ2v) is 5.22. The molecule has 106 valence electrons. The standard InChI is InChI=1S/C15H16N6/c1-2-13-17-7-10-4-6-21(8-12(10)20-13)15-11-3-5-16-14(11)18-9-19-15/h3,5,7,9H,2,4,6,8H2,1H3,(H,16,18,19). The molecule has 0 aliphatic carbocycles. The Morgan fingerprint density at radius 1 is 1.29 bits per heavy atom. The lowest BCUT2D eigenvalue weighted by Crippen LogP contribution is -2.32. The molecule has 0 spiro atoms. The van der Waals surface area contributed by atoms with E-state index in [1.165, 1.54) is 5.56 Å². The predicted molar refractivity (Wildman–Crippen MR) is 80.1 cm³/mol. The molecule has 3 aromatic rings. The van der Waals surface area contributed by atoms with E-state index in [-0.39, 0.29) is 0 Å². The van der Waals surface area contributed by atoms with Crippen LogP contribution in [0.3, 0.4) is 0 Å². The smallest absolute Gasteiger partial charge is 0.142 e. The summed E-state index contributed by atoms with van der Waals surface area (Å²) in [5, 5.41) is 1.06. The molecule has 4 heterocycles. The maximum Gasteiger partial charge on any atom is 0.142 e. The minimum absolute atomic E-state index is 0.780. The van der Waals surface area contributed by atoms with E-state index in [0.717, 1.165) is 54.3 Å². The average molecular weight is 280 g/mol. The molecule has 1 aliphatic rings. The van der Waals surface area contributed by atoms with Crippen molar-refractivity contribution in [3.05, 3.63) is 41.9 Å². The molecule has 0 saturated carbocycles. The highest BCUT2D eigenvalue weighted by Crippen LogP contribution is 2.26. The molecule has 0 amide bonds. The summed E-state index contributed by atoms with van der Waals surface area (Å²) >= 11 is 0. The van der Waals surface area contributed by atoms with Crippen molar-refractivity contribution in [2.24, 2.45) is 0 Å². The molecule has 21 heavy (non-hydrogen) atoms. The van der Waals surface area contributed by atoms with Crippen LogP contribution < -0.4 is 4.90 Å². The van der Waals surface area contributed by atoms with Gasteiger partial charge >= 0.3 is 0 Å². The van der Waals surface area contributed by atoms with Crippen LogP contribution in [0.15, 0.2) is 24.8 Å². The average Bonchev–Trinajstić information content (AvgIpc) is 3.02. The fraction of sp³-hybridized carbons (Fsp3) is 0.333. The first-order valence-corrected chi connectivity index (χ1v) is 7.22. The first-order chi connectivity index (χ1) is 10.3. The van der Waals surface area contributed by atoms with E-state index in [1.54, 1.807) is 6.33 Å². The Kier molecular flexibility index (Phi) is 2.80. The van der Waals surface area contributed by atoms with Crippen molar-refractivity contribution >= 4 is 16.9 Å². The van der Waals surface area contributed by atoms with Gasteiger partial charge in [-0.15, -0.1) is 0 Å². The summed E-state index contributed by atoms with van der Waals surface area (Å²) in [6.07, 6.45) is 7.31. The molecule has 0 atom stereocenters. The van der Waals surface area contributed by atoms with Gasteiger partial charge in [0, 0.05) is 25.4 Å². The van der Waals surface area contributed by atoms with Crippen molar-refractivity contribution in [1.82, 2.24) is 24.9 Å². The fourth-order valence-electron chi connectivity index (χ4n) is 2.81. The number of nitrogens with one attached hydrogen (secondary N) is 1. The number of nitrogens with zero attached hydrogens (tertiary/aromatic N) is 5. The molecule has 0 bridgehead atoms. The highest BCUT2D eigenvalue weighted by molar-refractivity contribution is 5.87. The van der Waals surface area contributed by atoms with Gasteiger partial charge in [-0.25, -0.2) is 19.9 Å². The number of fused-ring (bicyclic) bond motifs is 2. The van der Waals surface area contributed by atoms with Crippen LogP contribution in [0.25, 0.3) is 11.0 Å². The van der Waals surface area contributed by atoms with Gasteiger partial charge in [0.05, 0.1) is 17.6 Å². The third kappa shape index (κ3) is 2.03. The summed E-state index contributed by atoms with van der Waals surface area (Å²) in [6.45, 7) is 3.79. The lowest BCUT2D eigenvalue weighted by molar-refractivity contribution is 0.686. The zero-order valence-electron chi connectivity index (χ0n) is 11.9. The Hall–Kier alpha value is -2.50. The normalized spacial score (nSPS) is 14.4. The number of H-pyrrole nitrogens is 1. The number of aryl methyl sites for hydroxylation is 1. The molecule has 3 aromatic heterocycles. The maximum atomic E-state index is 4.67. The van der Waals surface area contributed by atoms with Crippen molar-refractivity contribution in [2.45, 2.75) is 26.3 Å². The van der Waals surface area contributed by atoms with Crippen molar-refractivity contribution in [2.75, 3.05) is 11.4 Å². The third-order valence-corrected chi connectivity index (χ3v) is 3.94. The van der Waals surface area contributed by atoms with Crippen LogP contribution in [0.4, 0.5) is 5.82 Å². The summed E-state index contributed by atoms with van der Waals surface area (Å²) in [7, 11) is 0. The maximum absolute atomic E-state index is 4.67. The molecule has 1 aliphatic heterocycles. The Balaban J connectivity index is 1.73. The molecule has 0 saturated heterocycles. The number of aromatic nitrogens is 5. The number of hydrogen-bond donors (Lipinski definition) is 1. The Bertz CT molecular complexity index is 794. The van der Waals surface area contributed by atoms with E-state index in [4.69, 9.17) is 0 Å². The predicted octanol–water partition coefficient (Wildman–Crippen LogP) is 1.87. The van der Waals surface area contributed by atoms with Gasteiger partial charge in [0.25, 0.3) is 0 Å². The van der Waals surface area contributed by atoms with Crippen LogP contribution >= 0.6 is 0 Å². The summed E-state index contributed by atoms with van der Waals surface area (Å²) in [5.74, 6) is 1.88. The molecule has 0 fully saturated rings. The molecule has 0 unspecified atom stereocenters. The monoisotopic (exact) mass is 280 g/mol. The second-order valence-electron chi connectivity index (χ2n) is 5.22. The van der Waals surface area contributed by atoms with Crippen molar-refractivity contribution < 1.29 is 0 Å². The third-order valence-electron chi connectivity index (χ3n) is 3.94. The highest BCUT2D eigenvalue weighted by Gasteiger charge is 2.21. The van der Waals surface area contributed by atoms with E-state index < -0.39 is 0 Å². The molecular formula is C15H16N6. The topological polar surface area (TPSA) is 70.6 Å². The minimum atomic E-state index is 0.780. The molecule has 0 radical (unpaired) electrons. The number of rotatable bonds is 2. The van der Waals surface area contributed by atoms with Crippen molar-refractivity contribution in [3.8, 4) is 0 Å². The Morgan fingerprint density at radius 3 is 3.14 bits per heavy atom. The summed E-state index contributed by atoms with van der Waals surface area (Å²) < 4.78 is 0. The molecule has 6 nitrogen and oxygen atoms in total. The van der Waals surface area contributed by atoms with Gasteiger partial charge in [0.2, 0.25) is 0 Å². The number of hydrogen-bond acceptors (Lipinski definition) is 5. The van der Waals surface area contributed by atoms with Gasteiger partial charge in [0.15, 0.2) is 0 Å². The largest absolute Gasteiger partial charge is 0.350 e. The van der Waals surface area contributed by atoms with Crippen LogP contribution in [0.2, 0.25) is 0 Å².